The topological polar surface area (TPSA) is 72.9 Å². The number of alkyl halides is 5. The Morgan fingerprint density at radius 3 is 2.32 bits per heavy atom. The lowest BCUT2D eigenvalue weighted by atomic mass is 9.94. The van der Waals surface area contributed by atoms with Crippen molar-refractivity contribution in [1.29, 1.82) is 0 Å². The number of nitrogens with one attached hydrogen (secondary N) is 1. The lowest BCUT2D eigenvalue weighted by Crippen LogP contribution is -2.58. The Morgan fingerprint density at radius 1 is 1.24 bits per heavy atom. The molecule has 37 heavy (non-hydrogen) atoms. The molecule has 0 aliphatic carbocycles. The number of hydrogen-bond acceptors (Lipinski definition) is 4. The number of hydrogen-bond donors (Lipinski definition) is 2. The van der Waals surface area contributed by atoms with E-state index in [1.165, 1.54) is 12.2 Å². The van der Waals surface area contributed by atoms with E-state index in [0.717, 1.165) is 12.0 Å². The Kier molecular flexibility index (Phi) is 13.1. The van der Waals surface area contributed by atoms with E-state index in [2.05, 4.69) is 6.58 Å². The third kappa shape index (κ3) is 9.56. The fourth-order valence-corrected chi connectivity index (χ4v) is 5.83. The highest BCUT2D eigenvalue weighted by atomic mass is 32.2. The number of carbonyl (C=O) groups excluding carboxylic acids is 1. The molecule has 1 rings (SSSR count). The van der Waals surface area contributed by atoms with Crippen LogP contribution in [0.15, 0.2) is 36.0 Å². The molecule has 1 fully saturated rings. The molecule has 0 saturated carbocycles. The summed E-state index contributed by atoms with van der Waals surface area (Å²) in [5.41, 5.74) is 2.90. The average Bonchev–Trinajstić information content (AvgIpc) is 2.85. The van der Waals surface area contributed by atoms with Crippen LogP contribution in [-0.2, 0) is 15.8 Å². The van der Waals surface area contributed by atoms with Gasteiger partial charge in [-0.1, -0.05) is 43.7 Å². The van der Waals surface area contributed by atoms with Crippen LogP contribution in [-0.4, -0.2) is 75.1 Å². The van der Waals surface area contributed by atoms with E-state index in [1.807, 2.05) is 25.8 Å². The Bertz CT molecular complexity index is 853. The number of likely N-dealkylation sites (tertiary alicyclic amines) is 1. The lowest BCUT2D eigenvalue weighted by Gasteiger charge is -2.39. The Labute approximate surface area is 219 Å². The number of piperidine rings is 1. The van der Waals surface area contributed by atoms with Crippen LogP contribution in [0, 0.1) is 5.92 Å². The molecule has 1 aliphatic rings. The summed E-state index contributed by atoms with van der Waals surface area (Å²) >= 11 is 0. The average molecular weight is 558 g/mol. The van der Waals surface area contributed by atoms with Gasteiger partial charge in [0.2, 0.25) is 0 Å². The molecule has 2 unspecified atom stereocenters. The van der Waals surface area contributed by atoms with Gasteiger partial charge < -0.3 is 4.90 Å². The summed E-state index contributed by atoms with van der Waals surface area (Å²) in [6.45, 7) is 8.99. The molecule has 1 saturated heterocycles. The second-order valence-corrected chi connectivity index (χ2v) is 11.7. The largest absolute Gasteiger partial charge is 0.453 e. The second kappa shape index (κ2) is 14.5. The van der Waals surface area contributed by atoms with E-state index in [-0.39, 0.29) is 11.5 Å². The highest BCUT2D eigenvalue weighted by molar-refractivity contribution is 7.85. The van der Waals surface area contributed by atoms with E-state index in [9.17, 15) is 36.2 Å². The zero-order valence-electron chi connectivity index (χ0n) is 22.0. The third-order valence-corrected chi connectivity index (χ3v) is 8.97. The molecule has 0 aromatic heterocycles. The van der Waals surface area contributed by atoms with Crippen LogP contribution in [0.1, 0.15) is 58.8 Å². The van der Waals surface area contributed by atoms with E-state index >= 15 is 0 Å². The molecular weight excluding hydrogens is 517 g/mol. The van der Waals surface area contributed by atoms with E-state index in [4.69, 9.17) is 0 Å². The van der Waals surface area contributed by atoms with Crippen molar-refractivity contribution in [3.63, 3.8) is 0 Å². The molecule has 0 radical (unpaired) electrons. The standard InChI is InChI=1S/C25H40F5N3O3S/c1-6-20(10-12-24(26,27)25(28,29)30)9-8-19(3)18-21(7-2)11-15-33(5)37(36)23(22(34)31-35)13-16-32(4)17-14-23/h6,8-9,21,35H,1,7,10-18H2,2-5H3,(H,31,34)/b19-8+,20-9+. The summed E-state index contributed by atoms with van der Waals surface area (Å²) in [4.78, 5) is 14.5. The molecule has 0 bridgehead atoms. The summed E-state index contributed by atoms with van der Waals surface area (Å²) in [6, 6.07) is 0. The van der Waals surface area contributed by atoms with Crippen LogP contribution in [0.5, 0.6) is 0 Å². The van der Waals surface area contributed by atoms with Crippen molar-refractivity contribution < 1.29 is 36.2 Å². The molecule has 2 N–H and O–H groups in total. The normalized spacial score (nSPS) is 19.5. The van der Waals surface area contributed by atoms with Gasteiger partial charge in [-0.05, 0) is 77.7 Å². The molecule has 0 aromatic rings. The quantitative estimate of drug-likeness (QED) is 0.130. The van der Waals surface area contributed by atoms with Crippen LogP contribution >= 0.6 is 0 Å². The molecule has 214 valence electrons. The molecular formula is C25H40F5N3O3S. The predicted octanol–water partition coefficient (Wildman–Crippen LogP) is 5.39. The van der Waals surface area contributed by atoms with Crippen molar-refractivity contribution in [1.82, 2.24) is 14.7 Å². The monoisotopic (exact) mass is 557 g/mol. The van der Waals surface area contributed by atoms with E-state index < -0.39 is 46.6 Å². The SMILES string of the molecule is C=C/C(=C\C=C(/C)CC(CC)CCN(C)S(=O)C1(C(=O)NO)CCN(C)CC1)CCC(F)(F)C(F)(F)F. The van der Waals surface area contributed by atoms with Crippen molar-refractivity contribution in [3.8, 4) is 0 Å². The van der Waals surface area contributed by atoms with Gasteiger partial charge >= 0.3 is 12.1 Å². The van der Waals surface area contributed by atoms with Gasteiger partial charge in [-0.25, -0.2) is 14.0 Å². The van der Waals surface area contributed by atoms with Crippen molar-refractivity contribution in [3.05, 3.63) is 36.0 Å². The van der Waals surface area contributed by atoms with Crippen LogP contribution < -0.4 is 5.48 Å². The van der Waals surface area contributed by atoms with Gasteiger partial charge in [-0.2, -0.15) is 22.0 Å². The van der Waals surface area contributed by atoms with Gasteiger partial charge in [0, 0.05) is 13.0 Å². The molecule has 1 heterocycles. The summed E-state index contributed by atoms with van der Waals surface area (Å²) in [5.74, 6) is -5.20. The molecule has 1 amide bonds. The van der Waals surface area contributed by atoms with Crippen molar-refractivity contribution in [2.45, 2.75) is 75.6 Å². The van der Waals surface area contributed by atoms with Crippen molar-refractivity contribution >= 4 is 16.9 Å². The molecule has 0 spiro atoms. The Morgan fingerprint density at radius 2 is 1.84 bits per heavy atom. The highest BCUT2D eigenvalue weighted by Crippen LogP contribution is 2.39. The first kappa shape index (κ1) is 33.4. The third-order valence-electron chi connectivity index (χ3n) is 6.95. The molecule has 6 nitrogen and oxygen atoms in total. The predicted molar refractivity (Wildman–Crippen MR) is 135 cm³/mol. The summed E-state index contributed by atoms with van der Waals surface area (Å²) in [7, 11) is 1.95. The minimum absolute atomic E-state index is 0.200. The first-order chi connectivity index (χ1) is 17.1. The van der Waals surface area contributed by atoms with Gasteiger partial charge in [0.1, 0.15) is 15.7 Å². The number of amides is 1. The number of allylic oxidation sites excluding steroid dienone is 5. The number of carbonyl (C=O) groups is 1. The minimum atomic E-state index is -5.58. The van der Waals surface area contributed by atoms with Gasteiger partial charge in [0.25, 0.3) is 5.91 Å². The first-order valence-corrected chi connectivity index (χ1v) is 13.4. The number of nitrogens with zero attached hydrogens (tertiary/aromatic N) is 2. The van der Waals surface area contributed by atoms with E-state index in [1.54, 1.807) is 22.9 Å². The minimum Gasteiger partial charge on any atom is -0.306 e. The van der Waals surface area contributed by atoms with Gasteiger partial charge in [-0.3, -0.25) is 10.0 Å². The van der Waals surface area contributed by atoms with Crippen LogP contribution in [0.25, 0.3) is 0 Å². The Balaban J connectivity index is 2.76. The number of halogens is 5. The smallest absolute Gasteiger partial charge is 0.306 e. The molecule has 12 heteroatoms. The number of rotatable bonds is 14. The maximum Gasteiger partial charge on any atom is 0.453 e. The van der Waals surface area contributed by atoms with Crippen molar-refractivity contribution in [2.24, 2.45) is 5.92 Å². The summed E-state index contributed by atoms with van der Waals surface area (Å²) in [5, 5.41) is 9.25. The van der Waals surface area contributed by atoms with Gasteiger partial charge in [0.05, 0.1) is 0 Å². The maximum atomic E-state index is 13.3. The summed E-state index contributed by atoms with van der Waals surface area (Å²) in [6.07, 6.45) is -0.0100. The van der Waals surface area contributed by atoms with Gasteiger partial charge in [0.15, 0.2) is 0 Å². The second-order valence-electron chi connectivity index (χ2n) is 9.77. The maximum absolute atomic E-state index is 13.3. The van der Waals surface area contributed by atoms with Crippen molar-refractivity contribution in [2.75, 3.05) is 33.7 Å². The fraction of sp³-hybridized carbons (Fsp3) is 0.720. The zero-order chi connectivity index (χ0) is 28.4. The highest BCUT2D eigenvalue weighted by Gasteiger charge is 2.56. The molecule has 0 aromatic carbocycles. The molecule has 1 aliphatic heterocycles. The molecule has 2 atom stereocenters. The van der Waals surface area contributed by atoms with Gasteiger partial charge in [-0.15, -0.1) is 0 Å². The first-order valence-electron chi connectivity index (χ1n) is 12.3. The fourth-order valence-electron chi connectivity index (χ4n) is 4.23. The van der Waals surface area contributed by atoms with Crippen LogP contribution in [0.4, 0.5) is 22.0 Å². The van der Waals surface area contributed by atoms with E-state index in [0.29, 0.717) is 45.3 Å². The van der Waals surface area contributed by atoms with Crippen LogP contribution in [0.3, 0.4) is 0 Å². The zero-order valence-corrected chi connectivity index (χ0v) is 22.9. The number of hydroxylamine groups is 1. The lowest BCUT2D eigenvalue weighted by molar-refractivity contribution is -0.284. The Hall–Kier alpha value is -1.63. The van der Waals surface area contributed by atoms with Crippen LogP contribution in [0.2, 0.25) is 0 Å². The summed E-state index contributed by atoms with van der Waals surface area (Å²) < 4.78 is 77.4.